The van der Waals surface area contributed by atoms with Crippen LogP contribution in [0.25, 0.3) is 0 Å². The first-order chi connectivity index (χ1) is 9.32. The molecule has 1 N–H and O–H groups in total. The van der Waals surface area contributed by atoms with Gasteiger partial charge in [-0.3, -0.25) is 0 Å². The molecule has 0 spiro atoms. The first kappa shape index (κ1) is 16.9. The van der Waals surface area contributed by atoms with Crippen LogP contribution in [-0.4, -0.2) is 23.2 Å². The number of esters is 1. The molecule has 1 aromatic rings. The monoisotopic (exact) mass is 328 g/mol. The number of phenolic OH excluding ortho intramolecular Hbond substituents is 1. The molecule has 118 valence electrons. The molecule has 0 saturated carbocycles. The van der Waals surface area contributed by atoms with Gasteiger partial charge in [-0.15, -0.1) is 0 Å². The number of carbonyl (C=O) groups excluding carboxylic acids is 1. The van der Waals surface area contributed by atoms with E-state index in [9.17, 15) is 44.3 Å². The highest BCUT2D eigenvalue weighted by molar-refractivity contribution is 5.81. The third-order valence-corrected chi connectivity index (χ3v) is 2.01. The molecule has 21 heavy (non-hydrogen) atoms. The number of benzene rings is 1. The zero-order chi connectivity index (χ0) is 16.7. The Kier molecular flexibility index (Phi) is 4.03. The standard InChI is InChI=1S/C9HF9O3/c10-1-3(12)6(4(13)2(11)5(1)19)21-7(20)8(14,15)9(16,17)18/h19H. The number of halogens is 9. The van der Waals surface area contributed by atoms with Gasteiger partial charge in [-0.25, -0.2) is 4.79 Å². The van der Waals surface area contributed by atoms with Crippen LogP contribution in [0.2, 0.25) is 0 Å². The van der Waals surface area contributed by atoms with Crippen molar-refractivity contribution < 1.29 is 54.2 Å². The Morgan fingerprint density at radius 3 is 1.57 bits per heavy atom. The van der Waals surface area contributed by atoms with Gasteiger partial charge in [-0.2, -0.15) is 39.5 Å². The van der Waals surface area contributed by atoms with Crippen molar-refractivity contribution in [3.63, 3.8) is 0 Å². The fourth-order valence-corrected chi connectivity index (χ4v) is 0.962. The summed E-state index contributed by atoms with van der Waals surface area (Å²) in [7, 11) is 0. The molecule has 0 radical (unpaired) electrons. The lowest BCUT2D eigenvalue weighted by Crippen LogP contribution is -2.46. The second kappa shape index (κ2) is 5.00. The van der Waals surface area contributed by atoms with Gasteiger partial charge >= 0.3 is 18.1 Å². The summed E-state index contributed by atoms with van der Waals surface area (Å²) >= 11 is 0. The van der Waals surface area contributed by atoms with Gasteiger partial charge < -0.3 is 9.84 Å². The van der Waals surface area contributed by atoms with E-state index >= 15 is 0 Å². The Labute approximate surface area is 108 Å². The molecule has 0 aliphatic rings. The van der Waals surface area contributed by atoms with E-state index < -0.39 is 52.8 Å². The maximum atomic E-state index is 13.0. The van der Waals surface area contributed by atoms with E-state index in [1.807, 2.05) is 0 Å². The molecule has 0 aromatic heterocycles. The predicted molar refractivity (Wildman–Crippen MR) is 44.6 cm³/mol. The summed E-state index contributed by atoms with van der Waals surface area (Å²) in [5.41, 5.74) is 0. The van der Waals surface area contributed by atoms with Crippen molar-refractivity contribution in [3.8, 4) is 11.5 Å². The van der Waals surface area contributed by atoms with Crippen LogP contribution >= 0.6 is 0 Å². The molecule has 0 aliphatic carbocycles. The SMILES string of the molecule is O=C(Oc1c(F)c(F)c(O)c(F)c1F)C(F)(F)C(F)(F)F. The second-order valence-corrected chi connectivity index (χ2v) is 3.40. The molecule has 3 nitrogen and oxygen atoms in total. The Morgan fingerprint density at radius 2 is 1.24 bits per heavy atom. The minimum atomic E-state index is -6.47. The number of phenols is 1. The maximum Gasteiger partial charge on any atom is 0.465 e. The van der Waals surface area contributed by atoms with Crippen LogP contribution in [0.15, 0.2) is 0 Å². The summed E-state index contributed by atoms with van der Waals surface area (Å²) in [6.45, 7) is 0. The highest BCUT2D eigenvalue weighted by Crippen LogP contribution is 2.39. The Morgan fingerprint density at radius 1 is 0.857 bits per heavy atom. The topological polar surface area (TPSA) is 46.5 Å². The molecule has 0 atom stereocenters. The summed E-state index contributed by atoms with van der Waals surface area (Å²) in [6, 6.07) is 0. The van der Waals surface area contributed by atoms with E-state index in [2.05, 4.69) is 4.74 Å². The zero-order valence-electron chi connectivity index (χ0n) is 9.17. The van der Waals surface area contributed by atoms with Crippen molar-refractivity contribution in [2.24, 2.45) is 0 Å². The van der Waals surface area contributed by atoms with E-state index in [4.69, 9.17) is 5.11 Å². The van der Waals surface area contributed by atoms with Crippen molar-refractivity contribution in [1.29, 1.82) is 0 Å². The average molecular weight is 328 g/mol. The van der Waals surface area contributed by atoms with Crippen LogP contribution in [0.1, 0.15) is 0 Å². The fraction of sp³-hybridized carbons (Fsp3) is 0.222. The molecular formula is C9HF9O3. The first-order valence-corrected chi connectivity index (χ1v) is 4.54. The smallest absolute Gasteiger partial charge is 0.465 e. The summed E-state index contributed by atoms with van der Waals surface area (Å²) in [4.78, 5) is 10.6. The van der Waals surface area contributed by atoms with Crippen molar-refractivity contribution in [1.82, 2.24) is 0 Å². The third-order valence-electron chi connectivity index (χ3n) is 2.01. The van der Waals surface area contributed by atoms with Gasteiger partial charge in [-0.05, 0) is 0 Å². The fourth-order valence-electron chi connectivity index (χ4n) is 0.962. The van der Waals surface area contributed by atoms with E-state index in [0.717, 1.165) is 0 Å². The molecule has 0 amide bonds. The minimum Gasteiger partial charge on any atom is -0.503 e. The summed E-state index contributed by atoms with van der Waals surface area (Å²) in [6.07, 6.45) is -6.47. The molecule has 0 bridgehead atoms. The minimum absolute atomic E-state index is 2.22. The lowest BCUT2D eigenvalue weighted by atomic mass is 10.2. The molecular weight excluding hydrogens is 327 g/mol. The number of rotatable bonds is 2. The van der Waals surface area contributed by atoms with Gasteiger partial charge in [0, 0.05) is 0 Å². The van der Waals surface area contributed by atoms with E-state index in [1.54, 1.807) is 0 Å². The second-order valence-electron chi connectivity index (χ2n) is 3.40. The lowest BCUT2D eigenvalue weighted by molar-refractivity contribution is -0.276. The van der Waals surface area contributed by atoms with Crippen LogP contribution in [0.5, 0.6) is 11.5 Å². The number of ether oxygens (including phenoxy) is 1. The summed E-state index contributed by atoms with van der Waals surface area (Å²) < 4.78 is 115. The molecule has 1 aromatic carbocycles. The first-order valence-electron chi connectivity index (χ1n) is 4.54. The van der Waals surface area contributed by atoms with Gasteiger partial charge in [0.05, 0.1) is 0 Å². The van der Waals surface area contributed by atoms with Crippen LogP contribution in [0.4, 0.5) is 39.5 Å². The third kappa shape index (κ3) is 2.69. The largest absolute Gasteiger partial charge is 0.503 e. The molecule has 0 saturated heterocycles. The molecule has 1 rings (SSSR count). The van der Waals surface area contributed by atoms with Gasteiger partial charge in [0.25, 0.3) is 0 Å². The predicted octanol–water partition coefficient (Wildman–Crippen LogP) is 3.05. The van der Waals surface area contributed by atoms with E-state index in [-0.39, 0.29) is 0 Å². The van der Waals surface area contributed by atoms with Gasteiger partial charge in [0.15, 0.2) is 5.75 Å². The zero-order valence-corrected chi connectivity index (χ0v) is 9.17. The number of aromatic hydroxyl groups is 1. The van der Waals surface area contributed by atoms with E-state index in [0.29, 0.717) is 0 Å². The van der Waals surface area contributed by atoms with Crippen molar-refractivity contribution >= 4 is 5.97 Å². The van der Waals surface area contributed by atoms with Gasteiger partial charge in [0.1, 0.15) is 0 Å². The quantitative estimate of drug-likeness (QED) is 0.393. The maximum absolute atomic E-state index is 13.0. The molecule has 0 aliphatic heterocycles. The molecule has 0 unspecified atom stereocenters. The van der Waals surface area contributed by atoms with E-state index in [1.165, 1.54) is 0 Å². The highest BCUT2D eigenvalue weighted by atomic mass is 19.4. The van der Waals surface area contributed by atoms with Crippen LogP contribution in [0.3, 0.4) is 0 Å². The van der Waals surface area contributed by atoms with Crippen molar-refractivity contribution in [2.75, 3.05) is 0 Å². The summed E-state index contributed by atoms with van der Waals surface area (Å²) in [5, 5.41) is 8.52. The van der Waals surface area contributed by atoms with Crippen LogP contribution in [-0.2, 0) is 4.79 Å². The van der Waals surface area contributed by atoms with Crippen molar-refractivity contribution in [3.05, 3.63) is 23.3 Å². The molecule has 0 fully saturated rings. The van der Waals surface area contributed by atoms with Crippen molar-refractivity contribution in [2.45, 2.75) is 12.1 Å². The Hall–Kier alpha value is -2.14. The summed E-state index contributed by atoms with van der Waals surface area (Å²) in [5.74, 6) is -24.8. The van der Waals surface area contributed by atoms with Crippen LogP contribution < -0.4 is 4.74 Å². The number of alkyl halides is 5. The van der Waals surface area contributed by atoms with Crippen LogP contribution in [0, 0.1) is 23.3 Å². The van der Waals surface area contributed by atoms with Gasteiger partial charge in [-0.1, -0.05) is 0 Å². The lowest BCUT2D eigenvalue weighted by Gasteiger charge is -2.18. The molecule has 12 heteroatoms. The number of carbonyl (C=O) groups is 1. The Bertz CT molecular complexity index is 564. The highest BCUT2D eigenvalue weighted by Gasteiger charge is 2.65. The average Bonchev–Trinajstić information content (AvgIpc) is 2.37. The number of hydrogen-bond donors (Lipinski definition) is 1. The Balaban J connectivity index is 3.31. The van der Waals surface area contributed by atoms with Gasteiger partial charge in [0.2, 0.25) is 29.0 Å². The normalized spacial score (nSPS) is 12.4. The molecule has 0 heterocycles. The number of hydrogen-bond acceptors (Lipinski definition) is 3.